The maximum atomic E-state index is 13.0. The second kappa shape index (κ2) is 6.65. The van der Waals surface area contributed by atoms with Crippen LogP contribution in [0.2, 0.25) is 0 Å². The zero-order valence-electron chi connectivity index (χ0n) is 14.0. The fraction of sp³-hybridized carbons (Fsp3) is 0.611. The van der Waals surface area contributed by atoms with E-state index in [9.17, 15) is 13.2 Å². The fourth-order valence-corrected chi connectivity index (χ4v) is 3.71. The summed E-state index contributed by atoms with van der Waals surface area (Å²) in [5, 5.41) is 3.41. The minimum absolute atomic E-state index is 0.211. The maximum Gasteiger partial charge on any atom is 0.416 e. The first-order valence-corrected chi connectivity index (χ1v) is 8.58. The fourth-order valence-electron chi connectivity index (χ4n) is 3.71. The van der Waals surface area contributed by atoms with E-state index in [4.69, 9.17) is 0 Å². The van der Waals surface area contributed by atoms with Crippen molar-refractivity contribution >= 4 is 5.96 Å². The molecule has 0 spiro atoms. The molecule has 0 radical (unpaired) electrons. The van der Waals surface area contributed by atoms with Crippen LogP contribution in [-0.4, -0.2) is 37.5 Å². The third-order valence-electron chi connectivity index (χ3n) is 5.32. The lowest BCUT2D eigenvalue weighted by Gasteiger charge is -2.43. The number of hydrogen-bond donors (Lipinski definition) is 1. The van der Waals surface area contributed by atoms with Gasteiger partial charge in [0.2, 0.25) is 0 Å². The number of nitrogens with one attached hydrogen (secondary N) is 1. The number of likely N-dealkylation sites (tertiary alicyclic amines) is 1. The summed E-state index contributed by atoms with van der Waals surface area (Å²) in [6.07, 6.45) is 0.926. The lowest BCUT2D eigenvalue weighted by atomic mass is 9.64. The van der Waals surface area contributed by atoms with E-state index in [1.807, 2.05) is 6.07 Å². The van der Waals surface area contributed by atoms with Crippen LogP contribution in [0.15, 0.2) is 29.3 Å². The zero-order chi connectivity index (χ0) is 17.2. The number of halogens is 3. The van der Waals surface area contributed by atoms with Crippen molar-refractivity contribution in [3.05, 3.63) is 35.4 Å². The second-order valence-corrected chi connectivity index (χ2v) is 6.81. The van der Waals surface area contributed by atoms with Crippen LogP contribution in [-0.2, 0) is 11.6 Å². The lowest BCUT2D eigenvalue weighted by Crippen LogP contribution is -2.49. The molecule has 24 heavy (non-hydrogen) atoms. The van der Waals surface area contributed by atoms with Crippen molar-refractivity contribution in [2.75, 3.05) is 26.7 Å². The van der Waals surface area contributed by atoms with Gasteiger partial charge in [0.25, 0.3) is 0 Å². The number of hydrogen-bond acceptors (Lipinski definition) is 1. The first-order valence-electron chi connectivity index (χ1n) is 8.58. The number of benzene rings is 1. The Morgan fingerprint density at radius 2 is 1.92 bits per heavy atom. The molecule has 132 valence electrons. The zero-order valence-corrected chi connectivity index (χ0v) is 14.0. The molecule has 1 saturated carbocycles. The van der Waals surface area contributed by atoms with Crippen molar-refractivity contribution < 1.29 is 13.2 Å². The molecular formula is C18H24F3N3. The molecule has 1 N–H and O–H groups in total. The van der Waals surface area contributed by atoms with Crippen molar-refractivity contribution in [3.63, 3.8) is 0 Å². The summed E-state index contributed by atoms with van der Waals surface area (Å²) in [7, 11) is 1.76. The minimum atomic E-state index is -4.29. The molecule has 3 rings (SSSR count). The molecule has 1 heterocycles. The summed E-state index contributed by atoms with van der Waals surface area (Å²) in [6.45, 7) is 2.63. The number of guanidine groups is 1. The Kier molecular flexibility index (Phi) is 4.74. The van der Waals surface area contributed by atoms with Gasteiger partial charge in [0.15, 0.2) is 5.96 Å². The first kappa shape index (κ1) is 17.1. The van der Waals surface area contributed by atoms with Crippen molar-refractivity contribution in [1.29, 1.82) is 0 Å². The molecule has 0 bridgehead atoms. The second-order valence-electron chi connectivity index (χ2n) is 6.81. The van der Waals surface area contributed by atoms with E-state index in [0.717, 1.165) is 49.9 Å². The van der Waals surface area contributed by atoms with Gasteiger partial charge in [-0.25, -0.2) is 0 Å². The van der Waals surface area contributed by atoms with Gasteiger partial charge in [-0.1, -0.05) is 24.6 Å². The van der Waals surface area contributed by atoms with Crippen molar-refractivity contribution in [1.82, 2.24) is 10.2 Å². The Morgan fingerprint density at radius 3 is 2.46 bits per heavy atom. The molecule has 0 atom stereocenters. The average molecular weight is 339 g/mol. The van der Waals surface area contributed by atoms with E-state index in [1.165, 1.54) is 25.0 Å². The van der Waals surface area contributed by atoms with Gasteiger partial charge in [-0.05, 0) is 37.3 Å². The molecule has 1 saturated heterocycles. The van der Waals surface area contributed by atoms with E-state index in [2.05, 4.69) is 15.2 Å². The van der Waals surface area contributed by atoms with Crippen LogP contribution in [0.3, 0.4) is 0 Å². The topological polar surface area (TPSA) is 27.6 Å². The lowest BCUT2D eigenvalue weighted by molar-refractivity contribution is -0.137. The number of aliphatic imine (C=N–C) groups is 1. The number of nitrogens with zero attached hydrogens (tertiary/aromatic N) is 2. The molecule has 0 unspecified atom stereocenters. The first-order chi connectivity index (χ1) is 11.4. The van der Waals surface area contributed by atoms with Gasteiger partial charge in [0.1, 0.15) is 0 Å². The highest BCUT2D eigenvalue weighted by atomic mass is 19.4. The van der Waals surface area contributed by atoms with E-state index < -0.39 is 11.7 Å². The molecular weight excluding hydrogens is 315 g/mol. The van der Waals surface area contributed by atoms with Crippen LogP contribution in [0.5, 0.6) is 0 Å². The van der Waals surface area contributed by atoms with Crippen LogP contribution in [0.1, 0.15) is 43.2 Å². The van der Waals surface area contributed by atoms with E-state index in [0.29, 0.717) is 6.54 Å². The average Bonchev–Trinajstić information content (AvgIpc) is 3.03. The van der Waals surface area contributed by atoms with Gasteiger partial charge in [-0.2, -0.15) is 13.2 Å². The van der Waals surface area contributed by atoms with Gasteiger partial charge in [0, 0.05) is 32.1 Å². The molecule has 1 aliphatic carbocycles. The van der Waals surface area contributed by atoms with Crippen LogP contribution in [0.4, 0.5) is 13.2 Å². The van der Waals surface area contributed by atoms with Crippen molar-refractivity contribution in [3.8, 4) is 0 Å². The molecule has 1 aromatic carbocycles. The normalized spacial score (nSPS) is 20.8. The summed E-state index contributed by atoms with van der Waals surface area (Å²) >= 11 is 0. The number of alkyl halides is 3. The monoisotopic (exact) mass is 339 g/mol. The summed E-state index contributed by atoms with van der Waals surface area (Å²) < 4.78 is 39.0. The highest BCUT2D eigenvalue weighted by molar-refractivity contribution is 5.80. The van der Waals surface area contributed by atoms with Gasteiger partial charge < -0.3 is 10.2 Å². The Hall–Kier alpha value is -1.72. The van der Waals surface area contributed by atoms with Crippen LogP contribution in [0, 0.1) is 0 Å². The van der Waals surface area contributed by atoms with E-state index in [-0.39, 0.29) is 5.41 Å². The quantitative estimate of drug-likeness (QED) is 0.670. The van der Waals surface area contributed by atoms with E-state index in [1.54, 1.807) is 7.05 Å². The van der Waals surface area contributed by atoms with Crippen LogP contribution in [0.25, 0.3) is 0 Å². The molecule has 1 aromatic rings. The molecule has 1 aliphatic heterocycles. The van der Waals surface area contributed by atoms with Crippen LogP contribution < -0.4 is 5.32 Å². The Morgan fingerprint density at radius 1 is 1.21 bits per heavy atom. The predicted molar refractivity (Wildman–Crippen MR) is 89.1 cm³/mol. The molecule has 0 aromatic heterocycles. The summed E-state index contributed by atoms with van der Waals surface area (Å²) in [6, 6.07) is 5.81. The number of rotatable bonds is 3. The van der Waals surface area contributed by atoms with Gasteiger partial charge in [0.05, 0.1) is 5.56 Å². The Bertz CT molecular complexity index is 600. The highest BCUT2D eigenvalue weighted by Crippen LogP contribution is 2.44. The smallest absolute Gasteiger partial charge is 0.355 e. The molecule has 2 fully saturated rings. The maximum absolute atomic E-state index is 13.0. The minimum Gasteiger partial charge on any atom is -0.355 e. The Labute approximate surface area is 141 Å². The third-order valence-corrected chi connectivity index (χ3v) is 5.32. The third kappa shape index (κ3) is 3.37. The summed E-state index contributed by atoms with van der Waals surface area (Å²) in [5.74, 6) is 0.866. The SMILES string of the molecule is CN=C(NCC1(c2cccc(C(F)(F)F)c2)CCC1)N1CCCC1. The predicted octanol–water partition coefficient (Wildman–Crippen LogP) is 3.80. The van der Waals surface area contributed by atoms with E-state index >= 15 is 0 Å². The van der Waals surface area contributed by atoms with Gasteiger partial charge in [-0.15, -0.1) is 0 Å². The Balaban J connectivity index is 1.75. The summed E-state index contributed by atoms with van der Waals surface area (Å²) in [4.78, 5) is 6.55. The molecule has 6 heteroatoms. The summed E-state index contributed by atoms with van der Waals surface area (Å²) in [5.41, 5.74) is 0.0138. The molecule has 3 nitrogen and oxygen atoms in total. The van der Waals surface area contributed by atoms with Gasteiger partial charge in [-0.3, -0.25) is 4.99 Å². The molecule has 0 amide bonds. The highest BCUT2D eigenvalue weighted by Gasteiger charge is 2.40. The van der Waals surface area contributed by atoms with Crippen molar-refractivity contribution in [2.45, 2.75) is 43.7 Å². The standard InChI is InChI=1S/C18H24F3N3/c1-22-16(24-10-2-3-11-24)23-13-17(8-5-9-17)14-6-4-7-15(12-14)18(19,20)21/h4,6-7,12H,2-3,5,8-11,13H2,1H3,(H,22,23). The molecule has 2 aliphatic rings. The van der Waals surface area contributed by atoms with Crippen molar-refractivity contribution in [2.24, 2.45) is 4.99 Å². The van der Waals surface area contributed by atoms with Gasteiger partial charge >= 0.3 is 6.18 Å². The van der Waals surface area contributed by atoms with Crippen LogP contribution >= 0.6 is 0 Å². The largest absolute Gasteiger partial charge is 0.416 e.